The molecule has 0 aliphatic carbocycles. The number of benzene rings is 6. The Labute approximate surface area is 461 Å². The van der Waals surface area contributed by atoms with Gasteiger partial charge in [-0.1, -0.05) is 104 Å². The van der Waals surface area contributed by atoms with Crippen LogP contribution in [0.3, 0.4) is 0 Å². The fourth-order valence-electron chi connectivity index (χ4n) is 9.11. The molecular formula is C60H65N9O7S2. The maximum absolute atomic E-state index is 13.3. The van der Waals surface area contributed by atoms with Gasteiger partial charge in [-0.25, -0.2) is 9.98 Å². The number of aromatic hydroxyl groups is 1. The molecule has 0 bridgehead atoms. The first-order valence-electron chi connectivity index (χ1n) is 25.5. The molecule has 1 aromatic heterocycles. The summed E-state index contributed by atoms with van der Waals surface area (Å²) in [5.41, 5.74) is 7.45. The number of hydrogen-bond acceptors (Lipinski definition) is 13. The van der Waals surface area contributed by atoms with E-state index in [9.17, 15) is 23.6 Å². The Kier molecular flexibility index (Phi) is 17.0. The number of carbonyl (C=O) groups is 1. The van der Waals surface area contributed by atoms with Gasteiger partial charge in [0.2, 0.25) is 5.82 Å². The van der Waals surface area contributed by atoms with Crippen molar-refractivity contribution < 1.29 is 31.4 Å². The molecule has 7 aromatic rings. The van der Waals surface area contributed by atoms with Crippen LogP contribution in [0.5, 0.6) is 23.0 Å². The molecule has 1 aliphatic heterocycles. The molecule has 404 valence electrons. The number of anilines is 3. The van der Waals surface area contributed by atoms with Gasteiger partial charge in [0.05, 0.1) is 41.7 Å². The van der Waals surface area contributed by atoms with Crippen LogP contribution in [-0.2, 0) is 27.9 Å². The Morgan fingerprint density at radius 3 is 2.05 bits per heavy atom. The molecule has 2 unspecified atom stereocenters. The number of ketones is 1. The first-order valence-corrected chi connectivity index (χ1v) is 27.7. The van der Waals surface area contributed by atoms with Gasteiger partial charge in [-0.3, -0.25) is 14.2 Å². The van der Waals surface area contributed by atoms with Crippen molar-refractivity contribution >= 4 is 62.5 Å². The van der Waals surface area contributed by atoms with Gasteiger partial charge in [0.25, 0.3) is 0 Å². The molecule has 2 atom stereocenters. The molecule has 18 heteroatoms. The predicted molar refractivity (Wildman–Crippen MR) is 311 cm³/mol. The number of phenolic OH excluding ortho intramolecular Hbond substituents is 1. The van der Waals surface area contributed by atoms with E-state index >= 15 is 0 Å². The summed E-state index contributed by atoms with van der Waals surface area (Å²) in [6.45, 7) is 22.1. The molecule has 16 nitrogen and oxygen atoms in total. The van der Waals surface area contributed by atoms with Gasteiger partial charge in [0.1, 0.15) is 35.3 Å². The van der Waals surface area contributed by atoms with Crippen LogP contribution in [0, 0.1) is 36.0 Å². The van der Waals surface area contributed by atoms with Gasteiger partial charge < -0.3 is 23.1 Å². The van der Waals surface area contributed by atoms with Gasteiger partial charge >= 0.3 is 22.5 Å². The molecule has 0 saturated carbocycles. The number of aryl methyl sites for hydroxylation is 2. The minimum Gasteiger partial charge on any atom is -0.507 e. The third-order valence-corrected chi connectivity index (χ3v) is 14.2. The van der Waals surface area contributed by atoms with Gasteiger partial charge in [-0.15, -0.1) is 9.89 Å². The summed E-state index contributed by atoms with van der Waals surface area (Å²) in [5.74, 6) is 1.71. The standard InChI is InChI=1S/C60H65N9O7S2/c1-39-17-21-43(60(9,10)38-58(3,4)5)35-51(39)75-78(73)67-46-22-18-40(2)52(36-46)76-77(72)66-45-23-19-42(20-24-45)56-63-57-53(55(59(6,7)8)64-69(57)65-56)62-44-25-27-47(28-26-44)68(32-14-31-61)33-34-74-48-29-30-49(50(70)37-48)54(71)41-15-12-11-13-16-41/h11-13,15-30,35-37,66-67,70H,14,32-34,38H2,1-10H3. The number of fused-ring (bicyclic) bond motifs is 1. The number of nitrogens with zero attached hydrogens (tertiary/aromatic N) is 7. The van der Waals surface area contributed by atoms with E-state index < -0.39 is 27.9 Å². The van der Waals surface area contributed by atoms with Crippen molar-refractivity contribution in [3.8, 4) is 40.5 Å². The SMILES string of the molecule is Cc1ccc(NS(=O)Oc2cc(C(C)(C)CC(C)(C)C)ccc2C)cc1OS(=O)Nc1ccc(-c2nc3n(n2)N=C(C(C)(C)C)C3=Nc2ccc(N(CCC#N)CCOc3ccc(C(=O)c4ccccc4)c(O)c3)cc2)cc1. The van der Waals surface area contributed by atoms with Gasteiger partial charge in [-0.05, 0) is 121 Å². The third kappa shape index (κ3) is 14.1. The Balaban J connectivity index is 0.891. The second-order valence-corrected chi connectivity index (χ2v) is 23.6. The van der Waals surface area contributed by atoms with Crippen LogP contribution in [0.25, 0.3) is 11.4 Å². The summed E-state index contributed by atoms with van der Waals surface area (Å²) in [7, 11) is 0. The lowest BCUT2D eigenvalue weighted by Gasteiger charge is -2.33. The average Bonchev–Trinajstić information content (AvgIpc) is 4.01. The zero-order valence-corrected chi connectivity index (χ0v) is 47.2. The maximum atomic E-state index is 13.3. The Morgan fingerprint density at radius 2 is 1.41 bits per heavy atom. The molecule has 6 aromatic carbocycles. The first-order chi connectivity index (χ1) is 37.0. The lowest BCUT2D eigenvalue weighted by molar-refractivity contribution is 0.103. The largest absolute Gasteiger partial charge is 0.507 e. The monoisotopic (exact) mass is 1090 g/mol. The van der Waals surface area contributed by atoms with Crippen LogP contribution in [0.4, 0.5) is 22.7 Å². The van der Waals surface area contributed by atoms with Gasteiger partial charge in [0.15, 0.2) is 11.6 Å². The minimum absolute atomic E-state index is 0.121. The van der Waals surface area contributed by atoms with Crippen LogP contribution in [0.1, 0.15) is 107 Å². The third-order valence-electron chi connectivity index (χ3n) is 12.8. The summed E-state index contributed by atoms with van der Waals surface area (Å²) in [6, 6.07) is 41.6. The van der Waals surface area contributed by atoms with E-state index in [4.69, 9.17) is 33.3 Å². The maximum Gasteiger partial charge on any atom is 0.316 e. The molecule has 1 aliphatic rings. The number of ether oxygens (including phenoxy) is 1. The van der Waals surface area contributed by atoms with Crippen LogP contribution >= 0.6 is 0 Å². The van der Waals surface area contributed by atoms with E-state index in [1.54, 1.807) is 78.9 Å². The van der Waals surface area contributed by atoms with Crippen molar-refractivity contribution in [1.29, 1.82) is 5.26 Å². The van der Waals surface area contributed by atoms with E-state index in [2.05, 4.69) is 77.0 Å². The molecule has 2 heterocycles. The van der Waals surface area contributed by atoms with E-state index in [0.717, 1.165) is 34.5 Å². The fraction of sp³-hybridized carbons (Fsp3) is 0.300. The van der Waals surface area contributed by atoms with Crippen molar-refractivity contribution in [2.24, 2.45) is 20.9 Å². The van der Waals surface area contributed by atoms with Crippen LogP contribution < -0.4 is 27.4 Å². The Morgan fingerprint density at radius 1 is 0.769 bits per heavy atom. The van der Waals surface area contributed by atoms with E-state index in [1.165, 1.54) is 10.9 Å². The van der Waals surface area contributed by atoms with Crippen molar-refractivity contribution in [2.45, 2.75) is 87.5 Å². The van der Waals surface area contributed by atoms with Gasteiger partial charge in [0, 0.05) is 46.6 Å². The molecule has 3 N–H and O–H groups in total. The molecule has 0 radical (unpaired) electrons. The van der Waals surface area contributed by atoms with Crippen molar-refractivity contribution in [3.05, 3.63) is 167 Å². The minimum atomic E-state index is -2.00. The predicted octanol–water partition coefficient (Wildman–Crippen LogP) is 12.5. The lowest BCUT2D eigenvalue weighted by Crippen LogP contribution is -2.29. The molecule has 0 spiro atoms. The Bertz CT molecular complexity index is 3470. The highest BCUT2D eigenvalue weighted by Crippen LogP contribution is 2.39. The second-order valence-electron chi connectivity index (χ2n) is 21.9. The summed E-state index contributed by atoms with van der Waals surface area (Å²) in [4.78, 5) is 26.4. The van der Waals surface area contributed by atoms with Crippen molar-refractivity contribution in [2.75, 3.05) is 34.0 Å². The normalized spacial score (nSPS) is 13.7. The highest BCUT2D eigenvalue weighted by atomic mass is 32.2. The summed E-state index contributed by atoms with van der Waals surface area (Å²) in [5, 5.41) is 29.7. The average molecular weight is 1090 g/mol. The zero-order chi connectivity index (χ0) is 55.9. The van der Waals surface area contributed by atoms with Crippen molar-refractivity contribution in [1.82, 2.24) is 14.9 Å². The number of carbonyl (C=O) groups excluding carboxylic acids is 1. The number of nitrogens with one attached hydrogen (secondary N) is 2. The summed E-state index contributed by atoms with van der Waals surface area (Å²) in [6.07, 6.45) is 1.25. The number of rotatable bonds is 21. The number of hydrogen-bond donors (Lipinski definition) is 3. The Hall–Kier alpha value is -8.14. The second kappa shape index (κ2) is 23.6. The van der Waals surface area contributed by atoms with Crippen LogP contribution in [-0.4, -0.2) is 65.3 Å². The molecular weight excluding hydrogens is 1020 g/mol. The first kappa shape index (κ1) is 56.1. The number of aliphatic imine (C=N–C) groups is 1. The smallest absolute Gasteiger partial charge is 0.316 e. The van der Waals surface area contributed by atoms with Gasteiger partial charge in [-0.2, -0.15) is 18.8 Å². The van der Waals surface area contributed by atoms with E-state index in [0.29, 0.717) is 82.3 Å². The highest BCUT2D eigenvalue weighted by molar-refractivity contribution is 7.82. The summed E-state index contributed by atoms with van der Waals surface area (Å²) >= 11 is -3.94. The van der Waals surface area contributed by atoms with E-state index in [-0.39, 0.29) is 34.5 Å². The summed E-state index contributed by atoms with van der Waals surface area (Å²) < 4.78 is 50.1. The number of nitriles is 1. The fourth-order valence-corrected chi connectivity index (χ4v) is 10.5. The number of phenols is 1. The molecule has 78 heavy (non-hydrogen) atoms. The van der Waals surface area contributed by atoms with Crippen LogP contribution in [0.15, 0.2) is 144 Å². The van der Waals surface area contributed by atoms with Crippen molar-refractivity contribution in [3.63, 3.8) is 0 Å². The zero-order valence-electron chi connectivity index (χ0n) is 45.6. The molecule has 0 fully saturated rings. The lowest BCUT2D eigenvalue weighted by atomic mass is 9.72. The topological polar surface area (TPSA) is 206 Å². The van der Waals surface area contributed by atoms with Crippen LogP contribution in [0.2, 0.25) is 0 Å². The molecule has 0 amide bonds. The quantitative estimate of drug-likeness (QED) is 0.0577. The highest BCUT2D eigenvalue weighted by Gasteiger charge is 2.35. The van der Waals surface area contributed by atoms with E-state index in [1.807, 2.05) is 61.2 Å². The number of aromatic nitrogens is 3. The molecule has 0 saturated heterocycles. The molecule has 8 rings (SSSR count).